The van der Waals surface area contributed by atoms with Crippen LogP contribution in [0.3, 0.4) is 0 Å². The van der Waals surface area contributed by atoms with Gasteiger partial charge in [-0.05, 0) is 40.2 Å². The Hall–Kier alpha value is -2.34. The fourth-order valence-electron chi connectivity index (χ4n) is 2.00. The van der Waals surface area contributed by atoms with Gasteiger partial charge in [0.05, 0.1) is 12.8 Å². The van der Waals surface area contributed by atoms with Crippen molar-refractivity contribution in [3.63, 3.8) is 0 Å². The average molecular weight is 345 g/mol. The van der Waals surface area contributed by atoms with E-state index in [0.717, 1.165) is 21.5 Å². The van der Waals surface area contributed by atoms with Crippen molar-refractivity contribution in [2.24, 2.45) is 0 Å². The highest BCUT2D eigenvalue weighted by Crippen LogP contribution is 2.25. The molecule has 2 aromatic heterocycles. The monoisotopic (exact) mass is 344 g/mol. The molecule has 2 N–H and O–H groups in total. The van der Waals surface area contributed by atoms with Gasteiger partial charge >= 0.3 is 0 Å². The molecule has 0 saturated heterocycles. The number of nitrogens with zero attached hydrogens (tertiary/aromatic N) is 3. The first-order valence-electron chi connectivity index (χ1n) is 6.29. The standard InChI is InChI=1S/C15H13BrN4O/c1-21-12-4-2-3-10(7-12)13-8-14(17)20(19-13)15-6-5-11(16)9-18-15/h2-9H,17H2,1H3. The molecule has 0 aliphatic rings. The number of hydrogen-bond donors (Lipinski definition) is 1. The molecule has 0 atom stereocenters. The van der Waals surface area contributed by atoms with Crippen LogP contribution in [-0.2, 0) is 0 Å². The molecule has 0 bridgehead atoms. The SMILES string of the molecule is COc1cccc(-c2cc(N)n(-c3ccc(Br)cn3)n2)c1. The quantitative estimate of drug-likeness (QED) is 0.791. The lowest BCUT2D eigenvalue weighted by Gasteiger charge is -2.03. The molecule has 0 saturated carbocycles. The Morgan fingerprint density at radius 1 is 1.19 bits per heavy atom. The zero-order valence-corrected chi connectivity index (χ0v) is 12.9. The van der Waals surface area contributed by atoms with Crippen molar-refractivity contribution >= 4 is 21.7 Å². The number of methoxy groups -OCH3 is 1. The van der Waals surface area contributed by atoms with Gasteiger partial charge in [-0.3, -0.25) is 0 Å². The first-order valence-corrected chi connectivity index (χ1v) is 7.08. The second-order valence-corrected chi connectivity index (χ2v) is 5.35. The second-order valence-electron chi connectivity index (χ2n) is 4.43. The minimum Gasteiger partial charge on any atom is -0.497 e. The Morgan fingerprint density at radius 2 is 2.05 bits per heavy atom. The van der Waals surface area contributed by atoms with Gasteiger partial charge in [-0.1, -0.05) is 12.1 Å². The van der Waals surface area contributed by atoms with Crippen molar-refractivity contribution in [3.8, 4) is 22.8 Å². The molecule has 5 nitrogen and oxygen atoms in total. The molecule has 6 heteroatoms. The van der Waals surface area contributed by atoms with Crippen LogP contribution in [0.1, 0.15) is 0 Å². The third-order valence-corrected chi connectivity index (χ3v) is 3.50. The predicted molar refractivity (Wildman–Crippen MR) is 85.5 cm³/mol. The predicted octanol–water partition coefficient (Wildman–Crippen LogP) is 3.29. The summed E-state index contributed by atoms with van der Waals surface area (Å²) >= 11 is 3.36. The van der Waals surface area contributed by atoms with E-state index in [1.807, 2.05) is 42.5 Å². The maximum Gasteiger partial charge on any atom is 0.155 e. The van der Waals surface area contributed by atoms with Gasteiger partial charge in [0.15, 0.2) is 5.82 Å². The minimum absolute atomic E-state index is 0.530. The fourth-order valence-corrected chi connectivity index (χ4v) is 2.23. The van der Waals surface area contributed by atoms with Crippen molar-refractivity contribution < 1.29 is 4.74 Å². The van der Waals surface area contributed by atoms with Crippen LogP contribution in [0.2, 0.25) is 0 Å². The molecule has 0 radical (unpaired) electrons. The number of rotatable bonds is 3. The molecule has 0 fully saturated rings. The molecular weight excluding hydrogens is 332 g/mol. The van der Waals surface area contributed by atoms with Crippen LogP contribution in [0.15, 0.2) is 53.1 Å². The summed E-state index contributed by atoms with van der Waals surface area (Å²) in [6.45, 7) is 0. The number of nitrogen functional groups attached to an aromatic ring is 1. The van der Waals surface area contributed by atoms with E-state index in [-0.39, 0.29) is 0 Å². The highest BCUT2D eigenvalue weighted by atomic mass is 79.9. The van der Waals surface area contributed by atoms with Crippen molar-refractivity contribution in [1.82, 2.24) is 14.8 Å². The maximum absolute atomic E-state index is 6.04. The zero-order chi connectivity index (χ0) is 14.8. The van der Waals surface area contributed by atoms with E-state index in [0.29, 0.717) is 11.6 Å². The van der Waals surface area contributed by atoms with Crippen LogP contribution in [0, 0.1) is 0 Å². The highest BCUT2D eigenvalue weighted by molar-refractivity contribution is 9.10. The van der Waals surface area contributed by atoms with Crippen molar-refractivity contribution in [2.45, 2.75) is 0 Å². The fraction of sp³-hybridized carbons (Fsp3) is 0.0667. The van der Waals surface area contributed by atoms with Crippen LogP contribution in [0.5, 0.6) is 5.75 Å². The molecule has 3 aromatic rings. The molecule has 0 aliphatic carbocycles. The van der Waals surface area contributed by atoms with E-state index in [1.54, 1.807) is 18.0 Å². The first kappa shape index (κ1) is 13.6. The van der Waals surface area contributed by atoms with Crippen LogP contribution in [-0.4, -0.2) is 21.9 Å². The Balaban J connectivity index is 2.02. The molecule has 0 spiro atoms. The summed E-state index contributed by atoms with van der Waals surface area (Å²) in [4.78, 5) is 4.30. The number of ether oxygens (including phenoxy) is 1. The molecule has 106 valence electrons. The number of anilines is 1. The maximum atomic E-state index is 6.04. The topological polar surface area (TPSA) is 66.0 Å². The molecule has 0 unspecified atom stereocenters. The van der Waals surface area contributed by atoms with E-state index < -0.39 is 0 Å². The van der Waals surface area contributed by atoms with Gasteiger partial charge in [0.25, 0.3) is 0 Å². The lowest BCUT2D eigenvalue weighted by atomic mass is 10.1. The molecule has 3 rings (SSSR count). The second kappa shape index (κ2) is 5.57. The van der Waals surface area contributed by atoms with E-state index in [1.165, 1.54) is 0 Å². The van der Waals surface area contributed by atoms with Crippen molar-refractivity contribution in [3.05, 3.63) is 53.1 Å². The smallest absolute Gasteiger partial charge is 0.155 e. The van der Waals surface area contributed by atoms with Crippen LogP contribution in [0.25, 0.3) is 17.1 Å². The van der Waals surface area contributed by atoms with E-state index in [4.69, 9.17) is 10.5 Å². The van der Waals surface area contributed by atoms with Gasteiger partial charge in [0, 0.05) is 22.3 Å². The Labute approximate surface area is 130 Å². The zero-order valence-electron chi connectivity index (χ0n) is 11.3. The third-order valence-electron chi connectivity index (χ3n) is 3.03. The van der Waals surface area contributed by atoms with Crippen LogP contribution >= 0.6 is 15.9 Å². The summed E-state index contributed by atoms with van der Waals surface area (Å²) in [5, 5.41) is 4.51. The normalized spacial score (nSPS) is 10.6. The summed E-state index contributed by atoms with van der Waals surface area (Å²) in [7, 11) is 1.64. The lowest BCUT2D eigenvalue weighted by molar-refractivity contribution is 0.415. The minimum atomic E-state index is 0.530. The van der Waals surface area contributed by atoms with E-state index >= 15 is 0 Å². The van der Waals surface area contributed by atoms with E-state index in [9.17, 15) is 0 Å². The average Bonchev–Trinajstić information content (AvgIpc) is 2.90. The van der Waals surface area contributed by atoms with Gasteiger partial charge in [-0.25, -0.2) is 4.98 Å². The number of nitrogens with two attached hydrogens (primary N) is 1. The van der Waals surface area contributed by atoms with Crippen molar-refractivity contribution in [2.75, 3.05) is 12.8 Å². The Kier molecular flexibility index (Phi) is 3.62. The summed E-state index contributed by atoms with van der Waals surface area (Å²) in [5.41, 5.74) is 7.75. The number of pyridine rings is 1. The molecule has 21 heavy (non-hydrogen) atoms. The Morgan fingerprint density at radius 3 is 2.76 bits per heavy atom. The summed E-state index contributed by atoms with van der Waals surface area (Å²) in [5.74, 6) is 1.98. The number of hydrogen-bond acceptors (Lipinski definition) is 4. The molecule has 0 aliphatic heterocycles. The van der Waals surface area contributed by atoms with Crippen LogP contribution in [0.4, 0.5) is 5.82 Å². The third kappa shape index (κ3) is 2.75. The van der Waals surface area contributed by atoms with Gasteiger partial charge in [0.1, 0.15) is 11.6 Å². The summed E-state index contributed by atoms with van der Waals surface area (Å²) in [6.07, 6.45) is 1.71. The van der Waals surface area contributed by atoms with E-state index in [2.05, 4.69) is 26.0 Å². The first-order chi connectivity index (χ1) is 10.2. The molecular formula is C15H13BrN4O. The highest BCUT2D eigenvalue weighted by Gasteiger charge is 2.10. The van der Waals surface area contributed by atoms with Crippen molar-refractivity contribution in [1.29, 1.82) is 0 Å². The number of benzene rings is 1. The van der Waals surface area contributed by atoms with Gasteiger partial charge in [0.2, 0.25) is 0 Å². The largest absolute Gasteiger partial charge is 0.497 e. The summed E-state index contributed by atoms with van der Waals surface area (Å²) in [6, 6.07) is 13.3. The van der Waals surface area contributed by atoms with Gasteiger partial charge in [-0.15, -0.1) is 0 Å². The van der Waals surface area contributed by atoms with Gasteiger partial charge < -0.3 is 10.5 Å². The lowest BCUT2D eigenvalue weighted by Crippen LogP contribution is -2.03. The number of aromatic nitrogens is 3. The molecule has 1 aromatic carbocycles. The molecule has 0 amide bonds. The summed E-state index contributed by atoms with van der Waals surface area (Å²) < 4.78 is 7.75. The number of halogens is 1. The Bertz CT molecular complexity index is 768. The molecule has 2 heterocycles. The van der Waals surface area contributed by atoms with Crippen LogP contribution < -0.4 is 10.5 Å². The van der Waals surface area contributed by atoms with Gasteiger partial charge in [-0.2, -0.15) is 9.78 Å².